The molecule has 0 aromatic heterocycles. The maximum absolute atomic E-state index is 11.4. The average molecular weight is 232 g/mol. The van der Waals surface area contributed by atoms with Crippen LogP contribution in [-0.2, 0) is 24.1 Å². The minimum absolute atomic E-state index is 0.0114. The van der Waals surface area contributed by atoms with E-state index >= 15 is 0 Å². The molecule has 0 fully saturated rings. The summed E-state index contributed by atoms with van der Waals surface area (Å²) < 4.78 is 0. The maximum Gasteiger partial charge on any atom is 0.236 e. The molecular weight excluding hydrogens is 212 g/mol. The van der Waals surface area contributed by atoms with E-state index in [1.165, 1.54) is 47.4 Å². The van der Waals surface area contributed by atoms with Gasteiger partial charge in [0.25, 0.3) is 0 Å². The van der Waals surface area contributed by atoms with Crippen LogP contribution in [0.3, 0.4) is 0 Å². The van der Waals surface area contributed by atoms with Crippen molar-refractivity contribution in [1.29, 1.82) is 0 Å². The number of fused-ring (bicyclic) bond motifs is 1. The molecule has 1 aliphatic rings. The molecule has 0 saturated heterocycles. The molecule has 0 spiro atoms. The van der Waals surface area contributed by atoms with Gasteiger partial charge in [-0.3, -0.25) is 9.80 Å². The van der Waals surface area contributed by atoms with Gasteiger partial charge < -0.3 is 0 Å². The van der Waals surface area contributed by atoms with Gasteiger partial charge in [0, 0.05) is 13.5 Å². The summed E-state index contributed by atoms with van der Waals surface area (Å²) in [4.78, 5) is 11.4. The maximum atomic E-state index is 11.4. The third-order valence-electron chi connectivity index (χ3n) is 3.43. The predicted octanol–water partition coefficient (Wildman–Crippen LogP) is 1.83. The molecule has 92 valence electrons. The summed E-state index contributed by atoms with van der Waals surface area (Å²) in [5, 5.41) is 1.17. The van der Waals surface area contributed by atoms with Crippen LogP contribution in [0.15, 0.2) is 18.2 Å². The second-order valence-corrected chi connectivity index (χ2v) is 4.81. The fourth-order valence-electron chi connectivity index (χ4n) is 2.37. The number of rotatable bonds is 3. The summed E-state index contributed by atoms with van der Waals surface area (Å²) in [6.45, 7) is 0. The van der Waals surface area contributed by atoms with Crippen LogP contribution in [0.4, 0.5) is 0 Å². The molecule has 3 nitrogen and oxygen atoms in total. The largest absolute Gasteiger partial charge is 0.284 e. The topological polar surface area (TPSA) is 46.3 Å². The normalized spacial score (nSPS) is 14.2. The van der Waals surface area contributed by atoms with E-state index in [9.17, 15) is 4.79 Å². The number of hydrogen-bond acceptors (Lipinski definition) is 2. The van der Waals surface area contributed by atoms with E-state index < -0.39 is 0 Å². The molecule has 1 aromatic carbocycles. The fraction of sp³-hybridized carbons (Fsp3) is 0.500. The number of nitrogens with two attached hydrogens (primary N) is 1. The second kappa shape index (κ2) is 5.32. The van der Waals surface area contributed by atoms with Crippen LogP contribution >= 0.6 is 0 Å². The fourth-order valence-corrected chi connectivity index (χ4v) is 2.37. The van der Waals surface area contributed by atoms with Gasteiger partial charge in [0.2, 0.25) is 5.91 Å². The number of benzene rings is 1. The minimum atomic E-state index is -0.0114. The number of nitrogens with zero attached hydrogens (tertiary/aromatic N) is 1. The standard InChI is InChI=1S/C14H20N2O/c1-16(15)14(17)9-7-11-6-8-12-4-2-3-5-13(12)10-11/h6,8,10H,2-5,7,9,15H2,1H3. The highest BCUT2D eigenvalue weighted by Crippen LogP contribution is 2.22. The van der Waals surface area contributed by atoms with Crippen molar-refractivity contribution in [3.63, 3.8) is 0 Å². The molecule has 0 bridgehead atoms. The molecule has 2 rings (SSSR count). The average Bonchev–Trinajstić information content (AvgIpc) is 2.35. The Morgan fingerprint density at radius 2 is 2.00 bits per heavy atom. The van der Waals surface area contributed by atoms with Gasteiger partial charge in [0.15, 0.2) is 0 Å². The highest BCUT2D eigenvalue weighted by atomic mass is 16.2. The smallest absolute Gasteiger partial charge is 0.236 e. The Morgan fingerprint density at radius 1 is 1.29 bits per heavy atom. The quantitative estimate of drug-likeness (QED) is 0.491. The molecular formula is C14H20N2O. The second-order valence-electron chi connectivity index (χ2n) is 4.81. The highest BCUT2D eigenvalue weighted by molar-refractivity contribution is 5.75. The Morgan fingerprint density at radius 3 is 2.71 bits per heavy atom. The molecule has 1 aliphatic carbocycles. The SMILES string of the molecule is CN(N)C(=O)CCc1ccc2c(c1)CCCC2. The van der Waals surface area contributed by atoms with Crippen LogP contribution in [0.2, 0.25) is 0 Å². The van der Waals surface area contributed by atoms with Crippen LogP contribution in [0, 0.1) is 0 Å². The lowest BCUT2D eigenvalue weighted by Gasteiger charge is -2.16. The Bertz CT molecular complexity index is 413. The van der Waals surface area contributed by atoms with Gasteiger partial charge in [0.05, 0.1) is 0 Å². The number of carbonyl (C=O) groups excluding carboxylic acids is 1. The van der Waals surface area contributed by atoms with Crippen molar-refractivity contribution in [2.24, 2.45) is 5.84 Å². The molecule has 0 radical (unpaired) electrons. The lowest BCUT2D eigenvalue weighted by molar-refractivity contribution is -0.130. The molecule has 1 amide bonds. The van der Waals surface area contributed by atoms with Crippen LogP contribution in [-0.4, -0.2) is 18.0 Å². The van der Waals surface area contributed by atoms with E-state index in [1.807, 2.05) is 0 Å². The predicted molar refractivity (Wildman–Crippen MR) is 68.4 cm³/mol. The monoisotopic (exact) mass is 232 g/mol. The third kappa shape index (κ3) is 3.07. The molecule has 0 aliphatic heterocycles. The Labute approximate surface area is 103 Å². The first-order chi connectivity index (χ1) is 8.16. The van der Waals surface area contributed by atoms with E-state index in [0.717, 1.165) is 6.42 Å². The molecule has 0 atom stereocenters. The molecule has 0 heterocycles. The number of hydrogen-bond donors (Lipinski definition) is 1. The molecule has 0 saturated carbocycles. The van der Waals surface area contributed by atoms with Gasteiger partial charge in [-0.2, -0.15) is 0 Å². The first-order valence-electron chi connectivity index (χ1n) is 6.29. The van der Waals surface area contributed by atoms with Crippen molar-refractivity contribution in [2.75, 3.05) is 7.05 Å². The number of hydrazine groups is 1. The number of amides is 1. The van der Waals surface area contributed by atoms with Crippen molar-refractivity contribution in [2.45, 2.75) is 38.5 Å². The summed E-state index contributed by atoms with van der Waals surface area (Å²) in [6, 6.07) is 6.63. The summed E-state index contributed by atoms with van der Waals surface area (Å²) in [7, 11) is 1.59. The van der Waals surface area contributed by atoms with E-state index in [-0.39, 0.29) is 5.91 Å². The zero-order valence-electron chi connectivity index (χ0n) is 10.4. The van der Waals surface area contributed by atoms with Crippen molar-refractivity contribution in [1.82, 2.24) is 5.01 Å². The van der Waals surface area contributed by atoms with Gasteiger partial charge in [-0.1, -0.05) is 18.2 Å². The van der Waals surface area contributed by atoms with Crippen molar-refractivity contribution in [3.05, 3.63) is 34.9 Å². The number of carbonyl (C=O) groups is 1. The summed E-state index contributed by atoms with van der Waals surface area (Å²) >= 11 is 0. The van der Waals surface area contributed by atoms with E-state index in [0.29, 0.717) is 6.42 Å². The number of aryl methyl sites for hydroxylation is 3. The summed E-state index contributed by atoms with van der Waals surface area (Å²) in [6.07, 6.45) is 6.27. The van der Waals surface area contributed by atoms with Gasteiger partial charge in [0.1, 0.15) is 0 Å². The van der Waals surface area contributed by atoms with Gasteiger partial charge in [-0.25, -0.2) is 5.84 Å². The Hall–Kier alpha value is -1.35. The molecule has 2 N–H and O–H groups in total. The van der Waals surface area contributed by atoms with Crippen LogP contribution in [0.5, 0.6) is 0 Å². The lowest BCUT2D eigenvalue weighted by atomic mass is 9.90. The molecule has 3 heteroatoms. The zero-order valence-corrected chi connectivity index (χ0v) is 10.4. The Kier molecular flexibility index (Phi) is 3.79. The molecule has 1 aromatic rings. The zero-order chi connectivity index (χ0) is 12.3. The summed E-state index contributed by atoms with van der Waals surface area (Å²) in [5.41, 5.74) is 4.21. The van der Waals surface area contributed by atoms with Gasteiger partial charge in [-0.15, -0.1) is 0 Å². The molecule has 17 heavy (non-hydrogen) atoms. The molecule has 0 unspecified atom stereocenters. The van der Waals surface area contributed by atoms with E-state index in [2.05, 4.69) is 18.2 Å². The third-order valence-corrected chi connectivity index (χ3v) is 3.43. The van der Waals surface area contributed by atoms with Gasteiger partial charge in [-0.05, 0) is 48.8 Å². The first-order valence-corrected chi connectivity index (χ1v) is 6.29. The van der Waals surface area contributed by atoms with Gasteiger partial charge >= 0.3 is 0 Å². The lowest BCUT2D eigenvalue weighted by Crippen LogP contribution is -2.33. The van der Waals surface area contributed by atoms with Crippen LogP contribution in [0.1, 0.15) is 36.0 Å². The van der Waals surface area contributed by atoms with Crippen LogP contribution < -0.4 is 5.84 Å². The van der Waals surface area contributed by atoms with E-state index in [1.54, 1.807) is 7.05 Å². The van der Waals surface area contributed by atoms with Crippen LogP contribution in [0.25, 0.3) is 0 Å². The first kappa shape index (κ1) is 12.1. The van der Waals surface area contributed by atoms with Crippen molar-refractivity contribution >= 4 is 5.91 Å². The van der Waals surface area contributed by atoms with Crippen molar-refractivity contribution in [3.8, 4) is 0 Å². The minimum Gasteiger partial charge on any atom is -0.284 e. The summed E-state index contributed by atoms with van der Waals surface area (Å²) in [5.74, 6) is 5.38. The highest BCUT2D eigenvalue weighted by Gasteiger charge is 2.10. The van der Waals surface area contributed by atoms with Crippen molar-refractivity contribution < 1.29 is 4.79 Å². The Balaban J connectivity index is 2.00. The van der Waals surface area contributed by atoms with E-state index in [4.69, 9.17) is 5.84 Å².